The van der Waals surface area contributed by atoms with Gasteiger partial charge in [-0.25, -0.2) is 9.59 Å². The Balaban J connectivity index is 1.20. The monoisotopic (exact) mass is 781 g/mol. The molecule has 12 aliphatic rings. The molecule has 5 aliphatic carbocycles. The molecular weight excluding hydrogens is 735 g/mol. The molecule has 10 nitrogen and oxygen atoms in total. The standard InChI is InChI=1S/C43H47N3O7S2/c1-3-42(16-4-5-17-42)20-29-27-8-7-25-24-14-18-43(36(25)35(27)39(49)52-29)30-10-6-22(2)41(51)55-54-31-11-9-26-23(15-19-44-38(26)45-31)28(34(24)37(43)40(50)53-30)21-46-32(47)12-13-33(46)48/h9-13,15,20,22,24-25,28,31,36,41,44-45,51H,3-8,14,16-19,21H2,1-2H3/b29-20-,30-10-/t22-,24+,25+,28+,31-,36-,41+,43+/m1/s1. The van der Waals surface area contributed by atoms with Crippen molar-refractivity contribution in [1.29, 1.82) is 0 Å². The van der Waals surface area contributed by atoms with Gasteiger partial charge < -0.3 is 25.2 Å². The van der Waals surface area contributed by atoms with Crippen molar-refractivity contribution >= 4 is 45.3 Å². The summed E-state index contributed by atoms with van der Waals surface area (Å²) in [6, 6.07) is 0. The van der Waals surface area contributed by atoms with Gasteiger partial charge >= 0.3 is 11.9 Å². The second-order valence-corrected chi connectivity index (χ2v) is 19.6. The number of imide groups is 1. The summed E-state index contributed by atoms with van der Waals surface area (Å²) in [6.07, 6.45) is 22.1. The van der Waals surface area contributed by atoms with Crippen LogP contribution in [-0.2, 0) is 28.7 Å². The number of esters is 2. The predicted octanol–water partition coefficient (Wildman–Crippen LogP) is 6.38. The topological polar surface area (TPSA) is 134 Å². The number of nitrogens with one attached hydrogen (secondary N) is 2. The van der Waals surface area contributed by atoms with Crippen molar-refractivity contribution in [3.05, 3.63) is 93.3 Å². The molecule has 8 atom stereocenters. The van der Waals surface area contributed by atoms with Gasteiger partial charge in [0, 0.05) is 53.8 Å². The van der Waals surface area contributed by atoms with Gasteiger partial charge in [0.2, 0.25) is 0 Å². The number of nitrogens with zero attached hydrogens (tertiary/aromatic N) is 1. The molecule has 7 heterocycles. The van der Waals surface area contributed by atoms with Crippen molar-refractivity contribution in [3.63, 3.8) is 0 Å². The maximum absolute atomic E-state index is 14.8. The maximum atomic E-state index is 14.8. The van der Waals surface area contributed by atoms with Crippen LogP contribution in [0, 0.1) is 40.4 Å². The number of rotatable bonds is 4. The smallest absolute Gasteiger partial charge is 0.340 e. The lowest BCUT2D eigenvalue weighted by Gasteiger charge is -2.57. The second kappa shape index (κ2) is 13.2. The Labute approximate surface area is 329 Å². The minimum Gasteiger partial charge on any atom is -0.427 e. The van der Waals surface area contributed by atoms with Gasteiger partial charge in [-0.05, 0) is 97.8 Å². The van der Waals surface area contributed by atoms with Crippen LogP contribution >= 0.6 is 21.6 Å². The molecule has 288 valence electrons. The van der Waals surface area contributed by atoms with E-state index in [9.17, 15) is 24.3 Å². The number of carbonyl (C=O) groups is 4. The molecule has 0 aromatic rings. The van der Waals surface area contributed by atoms with E-state index in [1.54, 1.807) is 10.8 Å². The fraction of sp³-hybridized carbons (Fsp3) is 0.535. The fourth-order valence-corrected chi connectivity index (χ4v) is 14.2. The zero-order valence-corrected chi connectivity index (χ0v) is 32.9. The van der Waals surface area contributed by atoms with E-state index >= 15 is 0 Å². The molecule has 0 radical (unpaired) electrons. The number of aliphatic hydroxyl groups excluding tert-OH is 1. The van der Waals surface area contributed by atoms with E-state index < -0.39 is 22.7 Å². The van der Waals surface area contributed by atoms with Gasteiger partial charge in [0.05, 0.1) is 11.0 Å². The first kappa shape index (κ1) is 35.7. The molecule has 2 saturated carbocycles. The lowest BCUT2D eigenvalue weighted by Crippen LogP contribution is -2.54. The van der Waals surface area contributed by atoms with Gasteiger partial charge in [0.25, 0.3) is 11.8 Å². The molecular formula is C43H47N3O7S2. The fourth-order valence-electron chi connectivity index (χ4n) is 11.8. The Kier molecular flexibility index (Phi) is 8.53. The van der Waals surface area contributed by atoms with Crippen molar-refractivity contribution in [2.24, 2.45) is 40.4 Å². The lowest BCUT2D eigenvalue weighted by molar-refractivity contribution is -0.138. The van der Waals surface area contributed by atoms with E-state index in [1.807, 2.05) is 13.0 Å². The minimum absolute atomic E-state index is 0.0160. The quantitative estimate of drug-likeness (QED) is 0.167. The summed E-state index contributed by atoms with van der Waals surface area (Å²) in [5.41, 5.74) is 3.52. The van der Waals surface area contributed by atoms with Crippen LogP contribution in [0.15, 0.2) is 93.3 Å². The van der Waals surface area contributed by atoms with Crippen molar-refractivity contribution in [2.75, 3.05) is 13.1 Å². The number of dihydropyridines is 2. The molecule has 0 aromatic heterocycles. The zero-order chi connectivity index (χ0) is 37.8. The Hall–Kier alpha value is -3.74. The second-order valence-electron chi connectivity index (χ2n) is 17.0. The Bertz CT molecular complexity index is 2050. The minimum atomic E-state index is -0.924. The number of cyclic esters (lactones) is 1. The molecule has 3 N–H and O–H groups in total. The lowest BCUT2D eigenvalue weighted by atomic mass is 9.43. The molecule has 0 unspecified atom stereocenters. The highest BCUT2D eigenvalue weighted by Crippen LogP contribution is 2.72. The largest absolute Gasteiger partial charge is 0.427 e. The van der Waals surface area contributed by atoms with Gasteiger partial charge in [-0.15, -0.1) is 0 Å². The third-order valence-electron chi connectivity index (χ3n) is 14.5. The maximum Gasteiger partial charge on any atom is 0.340 e. The number of carbonyl (C=O) groups excluding carboxylic acids is 4. The van der Waals surface area contributed by atoms with Gasteiger partial charge in [-0.2, -0.15) is 0 Å². The Morgan fingerprint density at radius 2 is 1.80 bits per heavy atom. The molecule has 3 fully saturated rings. The van der Waals surface area contributed by atoms with E-state index in [4.69, 9.17) is 9.47 Å². The van der Waals surface area contributed by atoms with E-state index in [1.165, 1.54) is 40.7 Å². The summed E-state index contributed by atoms with van der Waals surface area (Å²) in [4.78, 5) is 57.0. The molecule has 1 spiro atoms. The summed E-state index contributed by atoms with van der Waals surface area (Å²) in [5.74, 6) is -0.324. The van der Waals surface area contributed by atoms with Crippen molar-refractivity contribution in [1.82, 2.24) is 15.5 Å². The molecule has 9 bridgehead atoms. The van der Waals surface area contributed by atoms with Crippen LogP contribution in [-0.4, -0.2) is 57.7 Å². The van der Waals surface area contributed by atoms with Crippen LogP contribution in [0.4, 0.5) is 0 Å². The highest BCUT2D eigenvalue weighted by Gasteiger charge is 2.69. The third kappa shape index (κ3) is 5.33. The molecule has 12 heteroatoms. The number of hydrogen-bond donors (Lipinski definition) is 3. The van der Waals surface area contributed by atoms with Crippen LogP contribution in [0.25, 0.3) is 0 Å². The molecule has 2 amide bonds. The first-order chi connectivity index (χ1) is 26.6. The molecule has 55 heavy (non-hydrogen) atoms. The normalized spacial score (nSPS) is 38.9. The van der Waals surface area contributed by atoms with Crippen LogP contribution in [0.5, 0.6) is 0 Å². The van der Waals surface area contributed by atoms with Crippen LogP contribution < -0.4 is 10.6 Å². The predicted molar refractivity (Wildman–Crippen MR) is 208 cm³/mol. The first-order valence-corrected chi connectivity index (χ1v) is 22.4. The van der Waals surface area contributed by atoms with Gasteiger partial charge in [-0.3, -0.25) is 14.5 Å². The summed E-state index contributed by atoms with van der Waals surface area (Å²) < 4.78 is 12.7. The van der Waals surface area contributed by atoms with Gasteiger partial charge in [0.1, 0.15) is 28.1 Å². The van der Waals surface area contributed by atoms with E-state index in [0.717, 1.165) is 60.2 Å². The Morgan fingerprint density at radius 3 is 2.58 bits per heavy atom. The van der Waals surface area contributed by atoms with Crippen LogP contribution in [0.3, 0.4) is 0 Å². The van der Waals surface area contributed by atoms with Crippen LogP contribution in [0.2, 0.25) is 0 Å². The SMILES string of the molecule is CCC1(/C=C2\OC(=O)C3=C2CC[C@H]2[C@@H]4CC[C@@]5(C6=C4[C@@H](CN4C(=O)C=CC4=O)C4=CCNC7=C4C=C[C@H](N7)SS[C@H](O)[C@H](C)C/C=C/5OC6=O)[C@@H]32)CCCC1. The number of fused-ring (bicyclic) bond motifs is 6. The average Bonchev–Trinajstić information content (AvgIpc) is 3.95. The number of hydrogen-bond acceptors (Lipinski definition) is 11. The summed E-state index contributed by atoms with van der Waals surface area (Å²) >= 11 is 0. The molecule has 0 aromatic carbocycles. The zero-order valence-electron chi connectivity index (χ0n) is 31.2. The van der Waals surface area contributed by atoms with E-state index in [2.05, 4.69) is 41.9 Å². The number of amides is 2. The van der Waals surface area contributed by atoms with E-state index in [0.29, 0.717) is 48.5 Å². The number of ether oxygens (including phenoxy) is 2. The van der Waals surface area contributed by atoms with Gasteiger partial charge in [-0.1, -0.05) is 66.5 Å². The Morgan fingerprint density at radius 1 is 1.00 bits per heavy atom. The molecule has 7 aliphatic heterocycles. The third-order valence-corrected chi connectivity index (χ3v) is 17.3. The van der Waals surface area contributed by atoms with E-state index in [-0.39, 0.29) is 58.8 Å². The number of allylic oxidation sites excluding steroid dienone is 6. The molecule has 1 saturated heterocycles. The van der Waals surface area contributed by atoms with Crippen molar-refractivity contribution < 1.29 is 33.8 Å². The highest BCUT2D eigenvalue weighted by molar-refractivity contribution is 8.77. The number of aliphatic hydroxyl groups is 1. The summed E-state index contributed by atoms with van der Waals surface area (Å²) in [6.45, 7) is 4.85. The van der Waals surface area contributed by atoms with Crippen molar-refractivity contribution in [3.8, 4) is 0 Å². The van der Waals surface area contributed by atoms with Crippen LogP contribution in [0.1, 0.15) is 78.1 Å². The summed E-state index contributed by atoms with van der Waals surface area (Å²) in [5, 5.41) is 18.3. The first-order valence-electron chi connectivity index (χ1n) is 20.2. The summed E-state index contributed by atoms with van der Waals surface area (Å²) in [7, 11) is 2.96. The van der Waals surface area contributed by atoms with Crippen molar-refractivity contribution in [2.45, 2.75) is 88.9 Å². The molecule has 12 rings (SSSR count). The highest BCUT2D eigenvalue weighted by atomic mass is 33.1. The average molecular weight is 782 g/mol. The van der Waals surface area contributed by atoms with Gasteiger partial charge in [0.15, 0.2) is 0 Å².